The summed E-state index contributed by atoms with van der Waals surface area (Å²) in [6.45, 7) is 0.114. The van der Waals surface area contributed by atoms with Crippen LogP contribution in [0.3, 0.4) is 0 Å². The third-order valence-electron chi connectivity index (χ3n) is 5.74. The first kappa shape index (κ1) is 21.9. The van der Waals surface area contributed by atoms with Gasteiger partial charge in [0.2, 0.25) is 0 Å². The maximum Gasteiger partial charge on any atom is 0.410 e. The zero-order valence-corrected chi connectivity index (χ0v) is 19.2. The van der Waals surface area contributed by atoms with Gasteiger partial charge in [0.05, 0.1) is 7.11 Å². The number of carboxylic acid groups (broad SMARTS) is 1. The number of fused-ring (bicyclic) bond motifs is 3. The molecule has 0 spiro atoms. The van der Waals surface area contributed by atoms with Crippen LogP contribution in [0.4, 0.5) is 4.79 Å². The predicted octanol–water partition coefficient (Wildman–Crippen LogP) is 5.46. The monoisotopic (exact) mass is 495 g/mol. The van der Waals surface area contributed by atoms with Gasteiger partial charge in [-0.25, -0.2) is 9.59 Å². The van der Waals surface area contributed by atoms with Crippen molar-refractivity contribution in [3.05, 3.63) is 87.9 Å². The molecule has 3 aromatic rings. The highest BCUT2D eigenvalue weighted by atomic mass is 79.9. The molecular weight excluding hydrogens is 474 g/mol. The summed E-state index contributed by atoms with van der Waals surface area (Å²) >= 11 is 3.38. The maximum absolute atomic E-state index is 12.9. The number of hydrogen-bond donors (Lipinski definition) is 1. The molecule has 1 aliphatic rings. The van der Waals surface area contributed by atoms with Gasteiger partial charge in [-0.1, -0.05) is 64.5 Å². The van der Waals surface area contributed by atoms with Gasteiger partial charge in [-0.3, -0.25) is 4.90 Å². The number of amides is 1. The van der Waals surface area contributed by atoms with Crippen LogP contribution in [0.15, 0.2) is 71.2 Å². The molecule has 0 fully saturated rings. The first-order valence-electron chi connectivity index (χ1n) is 10.1. The normalized spacial score (nSPS) is 13.1. The lowest BCUT2D eigenvalue weighted by Crippen LogP contribution is -2.37. The Labute approximate surface area is 194 Å². The second-order valence-electron chi connectivity index (χ2n) is 7.54. The number of methoxy groups -OCH3 is 1. The van der Waals surface area contributed by atoms with Gasteiger partial charge in [0.1, 0.15) is 12.4 Å². The number of carbonyl (C=O) groups is 2. The average molecular weight is 496 g/mol. The number of benzene rings is 3. The van der Waals surface area contributed by atoms with Gasteiger partial charge in [0.15, 0.2) is 6.04 Å². The molecule has 1 unspecified atom stereocenters. The molecule has 0 heterocycles. The molecule has 3 aromatic carbocycles. The zero-order valence-electron chi connectivity index (χ0n) is 17.6. The van der Waals surface area contributed by atoms with E-state index in [1.165, 1.54) is 14.2 Å². The fourth-order valence-electron chi connectivity index (χ4n) is 4.17. The van der Waals surface area contributed by atoms with E-state index in [0.717, 1.165) is 27.2 Å². The Bertz CT molecular complexity index is 1130. The van der Waals surface area contributed by atoms with Gasteiger partial charge in [0, 0.05) is 23.0 Å². The fourth-order valence-corrected chi connectivity index (χ4v) is 4.63. The Hall–Kier alpha value is -3.32. The highest BCUT2D eigenvalue weighted by molar-refractivity contribution is 9.10. The average Bonchev–Trinajstić information content (AvgIpc) is 3.12. The number of rotatable bonds is 6. The molecule has 0 bridgehead atoms. The number of aliphatic carboxylic acids is 1. The van der Waals surface area contributed by atoms with Crippen LogP contribution in [0.2, 0.25) is 0 Å². The van der Waals surface area contributed by atoms with Crippen LogP contribution in [0.25, 0.3) is 11.1 Å². The second kappa shape index (κ2) is 9.04. The van der Waals surface area contributed by atoms with E-state index in [0.29, 0.717) is 15.8 Å². The van der Waals surface area contributed by atoms with Crippen molar-refractivity contribution in [1.82, 2.24) is 4.90 Å². The van der Waals surface area contributed by atoms with Crippen molar-refractivity contribution < 1.29 is 24.2 Å². The SMILES string of the molecule is COc1ccc(Br)c(C(C(=O)O)N(C)C(=O)OCC2c3ccccc3-c3ccccc32)c1. The van der Waals surface area contributed by atoms with Crippen LogP contribution in [0, 0.1) is 0 Å². The van der Waals surface area contributed by atoms with Crippen LogP contribution in [-0.4, -0.2) is 42.8 Å². The molecular formula is C25H22BrNO5. The molecule has 0 saturated heterocycles. The smallest absolute Gasteiger partial charge is 0.410 e. The van der Waals surface area contributed by atoms with Crippen LogP contribution >= 0.6 is 15.9 Å². The predicted molar refractivity (Wildman–Crippen MR) is 124 cm³/mol. The van der Waals surface area contributed by atoms with Crippen molar-refractivity contribution >= 4 is 28.0 Å². The third-order valence-corrected chi connectivity index (χ3v) is 6.47. The van der Waals surface area contributed by atoms with E-state index >= 15 is 0 Å². The first-order chi connectivity index (χ1) is 15.4. The van der Waals surface area contributed by atoms with Gasteiger partial charge >= 0.3 is 12.1 Å². The number of carboxylic acids is 1. The lowest BCUT2D eigenvalue weighted by atomic mass is 9.98. The summed E-state index contributed by atoms with van der Waals surface area (Å²) in [5, 5.41) is 9.86. The number of carbonyl (C=O) groups excluding carboxylic acids is 1. The van der Waals surface area contributed by atoms with Crippen molar-refractivity contribution in [2.75, 3.05) is 20.8 Å². The van der Waals surface area contributed by atoms with Crippen LogP contribution < -0.4 is 4.74 Å². The highest BCUT2D eigenvalue weighted by Gasteiger charge is 2.33. The minimum Gasteiger partial charge on any atom is -0.497 e. The molecule has 1 amide bonds. The number of halogens is 1. The Morgan fingerprint density at radius 3 is 2.19 bits per heavy atom. The number of nitrogens with zero attached hydrogens (tertiary/aromatic N) is 1. The summed E-state index contributed by atoms with van der Waals surface area (Å²) in [6, 6.07) is 19.8. The molecule has 164 valence electrons. The zero-order chi connectivity index (χ0) is 22.8. The molecule has 4 rings (SSSR count). The molecule has 1 N–H and O–H groups in total. The molecule has 0 aromatic heterocycles. The van der Waals surface area contributed by atoms with Crippen LogP contribution in [0.1, 0.15) is 28.7 Å². The van der Waals surface area contributed by atoms with Crippen molar-refractivity contribution in [2.24, 2.45) is 0 Å². The third kappa shape index (κ3) is 3.96. The lowest BCUT2D eigenvalue weighted by Gasteiger charge is -2.26. The largest absolute Gasteiger partial charge is 0.497 e. The van der Waals surface area contributed by atoms with Gasteiger partial charge in [-0.05, 0) is 40.5 Å². The first-order valence-corrected chi connectivity index (χ1v) is 10.9. The Balaban J connectivity index is 1.56. The molecule has 32 heavy (non-hydrogen) atoms. The number of ether oxygens (including phenoxy) is 2. The van der Waals surface area contributed by atoms with E-state index in [-0.39, 0.29) is 12.5 Å². The summed E-state index contributed by atoms with van der Waals surface area (Å²) in [7, 11) is 2.92. The lowest BCUT2D eigenvalue weighted by molar-refractivity contribution is -0.142. The Kier molecular flexibility index (Phi) is 6.19. The number of likely N-dealkylation sites (N-methyl/N-ethyl adjacent to an activating group) is 1. The highest BCUT2D eigenvalue weighted by Crippen LogP contribution is 2.44. The molecule has 0 saturated carbocycles. The maximum atomic E-state index is 12.9. The van der Waals surface area contributed by atoms with E-state index in [2.05, 4.69) is 28.1 Å². The van der Waals surface area contributed by atoms with Gasteiger partial charge in [0.25, 0.3) is 0 Å². The summed E-state index contributed by atoms with van der Waals surface area (Å²) < 4.78 is 11.4. The van der Waals surface area contributed by atoms with E-state index in [4.69, 9.17) is 9.47 Å². The summed E-state index contributed by atoms with van der Waals surface area (Å²) in [6.07, 6.45) is -0.714. The summed E-state index contributed by atoms with van der Waals surface area (Å²) in [5.74, 6) is -0.781. The Morgan fingerprint density at radius 2 is 1.62 bits per heavy atom. The van der Waals surface area contributed by atoms with E-state index in [1.54, 1.807) is 18.2 Å². The molecule has 7 heteroatoms. The van der Waals surface area contributed by atoms with Gasteiger partial charge in [-0.15, -0.1) is 0 Å². The minimum atomic E-state index is -1.24. The Morgan fingerprint density at radius 1 is 1.03 bits per heavy atom. The van der Waals surface area contributed by atoms with Crippen LogP contribution in [-0.2, 0) is 9.53 Å². The van der Waals surface area contributed by atoms with E-state index in [1.807, 2.05) is 36.4 Å². The fraction of sp³-hybridized carbons (Fsp3) is 0.200. The van der Waals surface area contributed by atoms with Gasteiger partial charge < -0.3 is 14.6 Å². The molecule has 6 nitrogen and oxygen atoms in total. The van der Waals surface area contributed by atoms with Crippen molar-refractivity contribution in [3.63, 3.8) is 0 Å². The van der Waals surface area contributed by atoms with Gasteiger partial charge in [-0.2, -0.15) is 0 Å². The quantitative estimate of drug-likeness (QED) is 0.490. The molecule has 0 radical (unpaired) electrons. The molecule has 0 aliphatic heterocycles. The van der Waals surface area contributed by atoms with E-state index < -0.39 is 18.1 Å². The summed E-state index contributed by atoms with van der Waals surface area (Å²) in [5.41, 5.74) is 4.83. The van der Waals surface area contributed by atoms with Crippen LogP contribution in [0.5, 0.6) is 5.75 Å². The minimum absolute atomic E-state index is 0.105. The topological polar surface area (TPSA) is 76.1 Å². The van der Waals surface area contributed by atoms with Crippen molar-refractivity contribution in [1.29, 1.82) is 0 Å². The second-order valence-corrected chi connectivity index (χ2v) is 8.40. The van der Waals surface area contributed by atoms with E-state index in [9.17, 15) is 14.7 Å². The summed E-state index contributed by atoms with van der Waals surface area (Å²) in [4.78, 5) is 26.1. The molecule has 1 atom stereocenters. The van der Waals surface area contributed by atoms with Crippen molar-refractivity contribution in [2.45, 2.75) is 12.0 Å². The standard InChI is InChI=1S/C25H22BrNO5/c1-27(23(24(28)29)20-13-15(31-2)11-12-22(20)26)25(30)32-14-21-18-9-5-3-7-16(18)17-8-4-6-10-19(17)21/h3-13,21,23H,14H2,1-2H3,(H,28,29). The molecule has 1 aliphatic carbocycles. The van der Waals surface area contributed by atoms with Crippen molar-refractivity contribution in [3.8, 4) is 16.9 Å². The number of hydrogen-bond acceptors (Lipinski definition) is 4.